The SMILES string of the molecule is COC(C)CN1C(=O)CNc2ccccc21. The molecule has 0 bridgehead atoms. The molecule has 2 rings (SSSR count). The van der Waals surface area contributed by atoms with Crippen LogP contribution in [0.25, 0.3) is 0 Å². The Morgan fingerprint density at radius 1 is 1.50 bits per heavy atom. The number of anilines is 2. The van der Waals surface area contributed by atoms with Gasteiger partial charge in [0.15, 0.2) is 0 Å². The highest BCUT2D eigenvalue weighted by atomic mass is 16.5. The quantitative estimate of drug-likeness (QED) is 0.839. The highest BCUT2D eigenvalue weighted by Gasteiger charge is 2.24. The van der Waals surface area contributed by atoms with Crippen LogP contribution in [0.4, 0.5) is 11.4 Å². The fourth-order valence-electron chi connectivity index (χ4n) is 1.79. The van der Waals surface area contributed by atoms with Gasteiger partial charge in [0.05, 0.1) is 30.6 Å². The minimum Gasteiger partial charge on any atom is -0.380 e. The molecule has 1 heterocycles. The maximum absolute atomic E-state index is 11.8. The molecule has 1 aliphatic rings. The Morgan fingerprint density at radius 2 is 2.25 bits per heavy atom. The summed E-state index contributed by atoms with van der Waals surface area (Å²) in [6.07, 6.45) is 0.0371. The van der Waals surface area contributed by atoms with Gasteiger partial charge in [-0.25, -0.2) is 0 Å². The average Bonchev–Trinajstić information content (AvgIpc) is 2.32. The molecule has 1 unspecified atom stereocenters. The minimum absolute atomic E-state index is 0.0371. The van der Waals surface area contributed by atoms with Crippen LogP contribution in [0.2, 0.25) is 0 Å². The average molecular weight is 220 g/mol. The lowest BCUT2D eigenvalue weighted by Crippen LogP contribution is -2.43. The number of para-hydroxylation sites is 2. The maximum atomic E-state index is 11.8. The van der Waals surface area contributed by atoms with E-state index in [0.29, 0.717) is 13.1 Å². The maximum Gasteiger partial charge on any atom is 0.246 e. The lowest BCUT2D eigenvalue weighted by molar-refractivity contribution is -0.117. The van der Waals surface area contributed by atoms with Crippen molar-refractivity contribution in [2.75, 3.05) is 30.4 Å². The highest BCUT2D eigenvalue weighted by Crippen LogP contribution is 2.28. The second-order valence-corrected chi connectivity index (χ2v) is 3.92. The summed E-state index contributed by atoms with van der Waals surface area (Å²) in [4.78, 5) is 13.6. The van der Waals surface area contributed by atoms with Crippen LogP contribution < -0.4 is 10.2 Å². The third kappa shape index (κ3) is 2.02. The van der Waals surface area contributed by atoms with Crippen LogP contribution in [0.1, 0.15) is 6.92 Å². The monoisotopic (exact) mass is 220 g/mol. The number of carbonyl (C=O) groups excluding carboxylic acids is 1. The van der Waals surface area contributed by atoms with E-state index >= 15 is 0 Å². The number of nitrogens with one attached hydrogen (secondary N) is 1. The molecule has 16 heavy (non-hydrogen) atoms. The van der Waals surface area contributed by atoms with Crippen LogP contribution >= 0.6 is 0 Å². The molecule has 1 amide bonds. The van der Waals surface area contributed by atoms with Gasteiger partial charge in [0.1, 0.15) is 0 Å². The Labute approximate surface area is 95.2 Å². The first-order chi connectivity index (χ1) is 7.72. The molecule has 4 heteroatoms. The number of carbonyl (C=O) groups is 1. The van der Waals surface area contributed by atoms with Crippen molar-refractivity contribution in [2.24, 2.45) is 0 Å². The molecule has 0 spiro atoms. The van der Waals surface area contributed by atoms with Crippen molar-refractivity contribution in [3.8, 4) is 0 Å². The van der Waals surface area contributed by atoms with Crippen LogP contribution in [0.15, 0.2) is 24.3 Å². The van der Waals surface area contributed by atoms with Crippen molar-refractivity contribution in [1.29, 1.82) is 0 Å². The summed E-state index contributed by atoms with van der Waals surface area (Å²) < 4.78 is 5.20. The van der Waals surface area contributed by atoms with Crippen LogP contribution in [0.5, 0.6) is 0 Å². The van der Waals surface area contributed by atoms with Gasteiger partial charge in [0, 0.05) is 7.11 Å². The van der Waals surface area contributed by atoms with E-state index in [9.17, 15) is 4.79 Å². The largest absolute Gasteiger partial charge is 0.380 e. The molecular weight excluding hydrogens is 204 g/mol. The van der Waals surface area contributed by atoms with Crippen molar-refractivity contribution < 1.29 is 9.53 Å². The third-order valence-corrected chi connectivity index (χ3v) is 2.77. The van der Waals surface area contributed by atoms with Crippen molar-refractivity contribution in [3.05, 3.63) is 24.3 Å². The fourth-order valence-corrected chi connectivity index (χ4v) is 1.79. The Morgan fingerprint density at radius 3 is 3.00 bits per heavy atom. The summed E-state index contributed by atoms with van der Waals surface area (Å²) in [5, 5.41) is 3.10. The molecule has 1 aromatic carbocycles. The Kier molecular flexibility index (Phi) is 3.10. The van der Waals surface area contributed by atoms with E-state index < -0.39 is 0 Å². The number of fused-ring (bicyclic) bond motifs is 1. The fraction of sp³-hybridized carbons (Fsp3) is 0.417. The number of nitrogens with zero attached hydrogens (tertiary/aromatic N) is 1. The van der Waals surface area contributed by atoms with Crippen LogP contribution in [-0.4, -0.2) is 32.2 Å². The summed E-state index contributed by atoms with van der Waals surface area (Å²) in [6.45, 7) is 2.90. The summed E-state index contributed by atoms with van der Waals surface area (Å²) in [6, 6.07) is 7.82. The smallest absolute Gasteiger partial charge is 0.246 e. The van der Waals surface area contributed by atoms with Crippen molar-refractivity contribution >= 4 is 17.3 Å². The van der Waals surface area contributed by atoms with E-state index in [4.69, 9.17) is 4.74 Å². The zero-order valence-electron chi connectivity index (χ0n) is 9.56. The molecule has 0 saturated heterocycles. The summed E-state index contributed by atoms with van der Waals surface area (Å²) >= 11 is 0. The van der Waals surface area contributed by atoms with Gasteiger partial charge in [-0.05, 0) is 19.1 Å². The van der Waals surface area contributed by atoms with Crippen LogP contribution in [-0.2, 0) is 9.53 Å². The summed E-state index contributed by atoms with van der Waals surface area (Å²) in [5.41, 5.74) is 1.94. The molecule has 1 aliphatic heterocycles. The van der Waals surface area contributed by atoms with Gasteiger partial charge in [-0.1, -0.05) is 12.1 Å². The molecule has 1 atom stereocenters. The second-order valence-electron chi connectivity index (χ2n) is 3.92. The standard InChI is InChI=1S/C12H16N2O2/c1-9(16-2)8-14-11-6-4-3-5-10(11)13-7-12(14)15/h3-6,9,13H,7-8H2,1-2H3. The topological polar surface area (TPSA) is 41.6 Å². The zero-order chi connectivity index (χ0) is 11.5. The van der Waals surface area contributed by atoms with Gasteiger partial charge in [0.25, 0.3) is 0 Å². The van der Waals surface area contributed by atoms with Crippen molar-refractivity contribution in [2.45, 2.75) is 13.0 Å². The predicted octanol–water partition coefficient (Wildman–Crippen LogP) is 1.48. The molecule has 0 radical (unpaired) electrons. The lowest BCUT2D eigenvalue weighted by Gasteiger charge is -2.31. The summed E-state index contributed by atoms with van der Waals surface area (Å²) in [7, 11) is 1.66. The molecule has 86 valence electrons. The van der Waals surface area contributed by atoms with Gasteiger partial charge in [0.2, 0.25) is 5.91 Å². The molecule has 0 aliphatic carbocycles. The number of methoxy groups -OCH3 is 1. The molecule has 1 aromatic rings. The molecule has 4 nitrogen and oxygen atoms in total. The van der Waals surface area contributed by atoms with Gasteiger partial charge in [-0.3, -0.25) is 4.79 Å². The molecule has 0 saturated carbocycles. The number of ether oxygens (including phenoxy) is 1. The van der Waals surface area contributed by atoms with Gasteiger partial charge in [-0.15, -0.1) is 0 Å². The number of benzene rings is 1. The minimum atomic E-state index is 0.0371. The van der Waals surface area contributed by atoms with E-state index in [-0.39, 0.29) is 12.0 Å². The Bertz CT molecular complexity index is 392. The number of rotatable bonds is 3. The molecular formula is C12H16N2O2. The van der Waals surface area contributed by atoms with Gasteiger partial charge in [-0.2, -0.15) is 0 Å². The van der Waals surface area contributed by atoms with Gasteiger partial charge >= 0.3 is 0 Å². The van der Waals surface area contributed by atoms with E-state index in [0.717, 1.165) is 11.4 Å². The number of hydrogen-bond donors (Lipinski definition) is 1. The first kappa shape index (κ1) is 11.0. The predicted molar refractivity (Wildman–Crippen MR) is 63.8 cm³/mol. The molecule has 0 fully saturated rings. The van der Waals surface area contributed by atoms with Crippen LogP contribution in [0.3, 0.4) is 0 Å². The number of hydrogen-bond acceptors (Lipinski definition) is 3. The third-order valence-electron chi connectivity index (χ3n) is 2.77. The molecule has 0 aromatic heterocycles. The normalized spacial score (nSPS) is 16.6. The van der Waals surface area contributed by atoms with Crippen molar-refractivity contribution in [3.63, 3.8) is 0 Å². The highest BCUT2D eigenvalue weighted by molar-refractivity contribution is 6.02. The number of amides is 1. The summed E-state index contributed by atoms with van der Waals surface area (Å²) in [5.74, 6) is 0.0857. The Hall–Kier alpha value is -1.55. The van der Waals surface area contributed by atoms with E-state index in [1.54, 1.807) is 12.0 Å². The van der Waals surface area contributed by atoms with Crippen molar-refractivity contribution in [1.82, 2.24) is 0 Å². The van der Waals surface area contributed by atoms with E-state index in [1.165, 1.54) is 0 Å². The zero-order valence-corrected chi connectivity index (χ0v) is 9.56. The lowest BCUT2D eigenvalue weighted by atomic mass is 10.2. The second kappa shape index (κ2) is 4.53. The first-order valence-corrected chi connectivity index (χ1v) is 5.38. The van der Waals surface area contributed by atoms with E-state index in [2.05, 4.69) is 5.32 Å². The first-order valence-electron chi connectivity index (χ1n) is 5.38. The van der Waals surface area contributed by atoms with Crippen LogP contribution in [0, 0.1) is 0 Å². The van der Waals surface area contributed by atoms with Gasteiger partial charge < -0.3 is 15.0 Å². The molecule has 1 N–H and O–H groups in total. The van der Waals surface area contributed by atoms with E-state index in [1.807, 2.05) is 31.2 Å². The Balaban J connectivity index is 2.26.